The first-order chi connectivity index (χ1) is 11.1. The molecule has 0 radical (unpaired) electrons. The van der Waals surface area contributed by atoms with Crippen molar-refractivity contribution in [3.8, 4) is 0 Å². The van der Waals surface area contributed by atoms with Gasteiger partial charge < -0.3 is 10.2 Å². The normalized spacial score (nSPS) is 21.6. The third-order valence-electron chi connectivity index (χ3n) is 4.82. The van der Waals surface area contributed by atoms with Gasteiger partial charge in [-0.3, -0.25) is 9.69 Å². The highest BCUT2D eigenvalue weighted by atomic mass is 35.5. The molecule has 2 heterocycles. The minimum absolute atomic E-state index is 0. The summed E-state index contributed by atoms with van der Waals surface area (Å²) in [6.07, 6.45) is 1.48. The molecular formula is C17H24ClF2N3O. The number of carbonyl (C=O) groups is 1. The molecule has 24 heavy (non-hydrogen) atoms. The summed E-state index contributed by atoms with van der Waals surface area (Å²) in [4.78, 5) is 16.6. The van der Waals surface area contributed by atoms with E-state index in [1.807, 2.05) is 4.90 Å². The van der Waals surface area contributed by atoms with Crippen LogP contribution in [0.3, 0.4) is 0 Å². The number of nitrogens with one attached hydrogen (secondary N) is 1. The van der Waals surface area contributed by atoms with Crippen molar-refractivity contribution in [2.45, 2.75) is 25.3 Å². The Balaban J connectivity index is 0.00000208. The van der Waals surface area contributed by atoms with E-state index in [-0.39, 0.29) is 36.7 Å². The molecule has 4 nitrogen and oxygen atoms in total. The van der Waals surface area contributed by atoms with Gasteiger partial charge >= 0.3 is 0 Å². The number of hydrogen-bond acceptors (Lipinski definition) is 3. The maximum Gasteiger partial charge on any atom is 0.222 e. The number of likely N-dealkylation sites (tertiary alicyclic amines) is 1. The summed E-state index contributed by atoms with van der Waals surface area (Å²) in [5, 5.41) is 3.33. The van der Waals surface area contributed by atoms with Gasteiger partial charge in [-0.25, -0.2) is 8.78 Å². The fraction of sp³-hybridized carbons (Fsp3) is 0.588. The predicted molar refractivity (Wildman–Crippen MR) is 91.4 cm³/mol. The lowest BCUT2D eigenvalue weighted by Gasteiger charge is -2.32. The zero-order valence-corrected chi connectivity index (χ0v) is 14.5. The van der Waals surface area contributed by atoms with Gasteiger partial charge in [0.05, 0.1) is 0 Å². The first-order valence-electron chi connectivity index (χ1n) is 8.30. The fourth-order valence-corrected chi connectivity index (χ4v) is 3.45. The Hall–Kier alpha value is -1.24. The third-order valence-corrected chi connectivity index (χ3v) is 4.82. The Morgan fingerprint density at radius 1 is 1.21 bits per heavy atom. The Bertz CT molecular complexity index is 567. The van der Waals surface area contributed by atoms with Crippen LogP contribution in [0, 0.1) is 11.6 Å². The van der Waals surface area contributed by atoms with Crippen molar-refractivity contribution in [2.75, 3.05) is 39.3 Å². The second-order valence-corrected chi connectivity index (χ2v) is 6.28. The van der Waals surface area contributed by atoms with Crippen molar-refractivity contribution in [1.82, 2.24) is 15.1 Å². The number of rotatable bonds is 4. The molecule has 0 aliphatic carbocycles. The first kappa shape index (κ1) is 19.1. The molecule has 1 aromatic rings. The SMILES string of the molecule is Cl.O=C(CCc1cccc(F)c1F)N1CCC(N2CCNCC2)C1. The quantitative estimate of drug-likeness (QED) is 0.891. The molecule has 1 unspecified atom stereocenters. The molecule has 0 saturated carbocycles. The summed E-state index contributed by atoms with van der Waals surface area (Å²) < 4.78 is 26.8. The molecule has 7 heteroatoms. The maximum atomic E-state index is 13.6. The van der Waals surface area contributed by atoms with E-state index < -0.39 is 11.6 Å². The number of benzene rings is 1. The van der Waals surface area contributed by atoms with Crippen LogP contribution in [-0.4, -0.2) is 61.0 Å². The predicted octanol–water partition coefficient (Wildman–Crippen LogP) is 1.83. The van der Waals surface area contributed by atoms with E-state index in [2.05, 4.69) is 10.2 Å². The summed E-state index contributed by atoms with van der Waals surface area (Å²) in [6.45, 7) is 5.58. The minimum atomic E-state index is -0.852. The third kappa shape index (κ3) is 4.43. The molecule has 2 saturated heterocycles. The Morgan fingerprint density at radius 2 is 1.96 bits per heavy atom. The fourth-order valence-electron chi connectivity index (χ4n) is 3.45. The molecule has 3 rings (SSSR count). The first-order valence-corrected chi connectivity index (χ1v) is 8.30. The summed E-state index contributed by atoms with van der Waals surface area (Å²) in [6, 6.07) is 4.55. The van der Waals surface area contributed by atoms with E-state index in [0.29, 0.717) is 6.04 Å². The topological polar surface area (TPSA) is 35.6 Å². The van der Waals surface area contributed by atoms with Gasteiger partial charge in [-0.05, 0) is 24.5 Å². The van der Waals surface area contributed by atoms with Gasteiger partial charge in [-0.1, -0.05) is 12.1 Å². The van der Waals surface area contributed by atoms with Crippen LogP contribution in [0.5, 0.6) is 0 Å². The van der Waals surface area contributed by atoms with Gasteiger partial charge in [0.15, 0.2) is 11.6 Å². The van der Waals surface area contributed by atoms with Crippen molar-refractivity contribution in [1.29, 1.82) is 0 Å². The van der Waals surface area contributed by atoms with Crippen LogP contribution in [0.15, 0.2) is 18.2 Å². The summed E-state index contributed by atoms with van der Waals surface area (Å²) in [5.74, 6) is -1.65. The van der Waals surface area contributed by atoms with E-state index in [0.717, 1.165) is 51.8 Å². The van der Waals surface area contributed by atoms with Gasteiger partial charge in [0.1, 0.15) is 0 Å². The number of carbonyl (C=O) groups excluding carboxylic acids is 1. The second-order valence-electron chi connectivity index (χ2n) is 6.28. The number of halogens is 3. The molecule has 1 aromatic carbocycles. The minimum Gasteiger partial charge on any atom is -0.341 e. The average molecular weight is 360 g/mol. The van der Waals surface area contributed by atoms with Crippen LogP contribution < -0.4 is 5.32 Å². The number of piperazine rings is 1. The maximum absolute atomic E-state index is 13.6. The van der Waals surface area contributed by atoms with Crippen molar-refractivity contribution in [2.24, 2.45) is 0 Å². The molecule has 2 fully saturated rings. The van der Waals surface area contributed by atoms with Crippen molar-refractivity contribution >= 4 is 18.3 Å². The zero-order chi connectivity index (χ0) is 16.2. The smallest absolute Gasteiger partial charge is 0.222 e. The molecule has 1 N–H and O–H groups in total. The van der Waals surface area contributed by atoms with E-state index in [1.54, 1.807) is 6.07 Å². The monoisotopic (exact) mass is 359 g/mol. The molecular weight excluding hydrogens is 336 g/mol. The van der Waals surface area contributed by atoms with E-state index >= 15 is 0 Å². The van der Waals surface area contributed by atoms with Gasteiger partial charge in [0.2, 0.25) is 5.91 Å². The van der Waals surface area contributed by atoms with Crippen LogP contribution in [0.1, 0.15) is 18.4 Å². The molecule has 1 atom stereocenters. The molecule has 0 spiro atoms. The highest BCUT2D eigenvalue weighted by Gasteiger charge is 2.30. The average Bonchev–Trinajstić information content (AvgIpc) is 3.07. The van der Waals surface area contributed by atoms with Crippen LogP contribution in [-0.2, 0) is 11.2 Å². The van der Waals surface area contributed by atoms with Crippen molar-refractivity contribution in [3.05, 3.63) is 35.4 Å². The zero-order valence-electron chi connectivity index (χ0n) is 13.6. The Kier molecular flexibility index (Phi) is 6.95. The Labute approximate surface area is 147 Å². The highest BCUT2D eigenvalue weighted by Crippen LogP contribution is 2.19. The second kappa shape index (κ2) is 8.74. The lowest BCUT2D eigenvalue weighted by molar-refractivity contribution is -0.130. The number of nitrogens with zero attached hydrogens (tertiary/aromatic N) is 2. The lowest BCUT2D eigenvalue weighted by atomic mass is 10.1. The molecule has 1 amide bonds. The molecule has 0 aromatic heterocycles. The summed E-state index contributed by atoms with van der Waals surface area (Å²) >= 11 is 0. The highest BCUT2D eigenvalue weighted by molar-refractivity contribution is 5.85. The van der Waals surface area contributed by atoms with Gasteiger partial charge in [-0.15, -0.1) is 12.4 Å². The van der Waals surface area contributed by atoms with Gasteiger partial charge in [0.25, 0.3) is 0 Å². The van der Waals surface area contributed by atoms with Crippen molar-refractivity contribution < 1.29 is 13.6 Å². The Morgan fingerprint density at radius 3 is 2.71 bits per heavy atom. The molecule has 134 valence electrons. The number of amides is 1. The molecule has 2 aliphatic heterocycles. The largest absolute Gasteiger partial charge is 0.341 e. The van der Waals surface area contributed by atoms with Crippen LogP contribution in [0.4, 0.5) is 8.78 Å². The standard InChI is InChI=1S/C17H23F2N3O.ClH/c18-15-3-1-2-13(17(15)19)4-5-16(23)22-9-6-14(12-22)21-10-7-20-8-11-21;/h1-3,14,20H,4-12H2;1H. The van der Waals surface area contributed by atoms with Gasteiger partial charge in [0, 0.05) is 51.7 Å². The van der Waals surface area contributed by atoms with Crippen LogP contribution >= 0.6 is 12.4 Å². The summed E-state index contributed by atoms with van der Waals surface area (Å²) in [7, 11) is 0. The lowest BCUT2D eigenvalue weighted by Crippen LogP contribution is -2.49. The van der Waals surface area contributed by atoms with E-state index in [1.165, 1.54) is 6.07 Å². The van der Waals surface area contributed by atoms with Gasteiger partial charge in [-0.2, -0.15) is 0 Å². The van der Waals surface area contributed by atoms with Crippen LogP contribution in [0.25, 0.3) is 0 Å². The number of aryl methyl sites for hydroxylation is 1. The van der Waals surface area contributed by atoms with E-state index in [4.69, 9.17) is 0 Å². The van der Waals surface area contributed by atoms with Crippen molar-refractivity contribution in [3.63, 3.8) is 0 Å². The van der Waals surface area contributed by atoms with Crippen LogP contribution in [0.2, 0.25) is 0 Å². The molecule has 0 bridgehead atoms. The number of hydrogen-bond donors (Lipinski definition) is 1. The summed E-state index contributed by atoms with van der Waals surface area (Å²) in [5.41, 5.74) is 0.274. The molecule has 2 aliphatic rings. The van der Waals surface area contributed by atoms with E-state index in [9.17, 15) is 13.6 Å².